The number of esters is 1. The van der Waals surface area contributed by atoms with E-state index in [1.54, 1.807) is 19.9 Å². The van der Waals surface area contributed by atoms with Gasteiger partial charge in [0.05, 0.1) is 29.1 Å². The summed E-state index contributed by atoms with van der Waals surface area (Å²) < 4.78 is 4.49. The molecule has 0 heterocycles. The lowest BCUT2D eigenvalue weighted by molar-refractivity contribution is -0.385. The average molecular weight is 357 g/mol. The molecule has 0 radical (unpaired) electrons. The highest BCUT2D eigenvalue weighted by Crippen LogP contribution is 2.24. The molecule has 0 amide bonds. The summed E-state index contributed by atoms with van der Waals surface area (Å²) in [6.07, 6.45) is 0. The third kappa shape index (κ3) is 5.10. The van der Waals surface area contributed by atoms with Crippen LogP contribution in [0, 0.1) is 40.6 Å². The van der Waals surface area contributed by atoms with E-state index >= 15 is 0 Å². The van der Waals surface area contributed by atoms with E-state index in [-0.39, 0.29) is 16.9 Å². The predicted molar refractivity (Wildman–Crippen MR) is 93.3 cm³/mol. The van der Waals surface area contributed by atoms with Gasteiger partial charge in [-0.2, -0.15) is 0 Å². The Balaban J connectivity index is 0.000000263. The first-order chi connectivity index (χ1) is 12.2. The lowest BCUT2D eigenvalue weighted by Gasteiger charge is -2.02. The fraction of sp³-hybridized carbons (Fsp3) is 0.176. The minimum atomic E-state index is -0.564. The molecule has 9 nitrogen and oxygen atoms in total. The number of nitro groups is 2. The first-order valence-corrected chi connectivity index (χ1v) is 7.17. The second kappa shape index (κ2) is 8.89. The number of non-ortho nitro benzene ring substituents is 2. The van der Waals surface area contributed by atoms with Gasteiger partial charge in [-0.1, -0.05) is 12.1 Å². The SMILES string of the molecule is COC(=O)c1cc([N+](=O)[O-])ccc1C.[C-]#[N+]c1cc([N+](=O)[O-])ccc1C. The van der Waals surface area contributed by atoms with Crippen LogP contribution in [0.4, 0.5) is 17.1 Å². The number of nitrogens with zero attached hydrogens (tertiary/aromatic N) is 3. The molecule has 0 aliphatic carbocycles. The Hall–Kier alpha value is -3.80. The third-order valence-corrected chi connectivity index (χ3v) is 3.36. The molecule has 2 rings (SSSR count). The van der Waals surface area contributed by atoms with Crippen LogP contribution in [0.3, 0.4) is 0 Å². The Morgan fingerprint density at radius 3 is 1.96 bits per heavy atom. The van der Waals surface area contributed by atoms with Gasteiger partial charge in [-0.25, -0.2) is 9.64 Å². The van der Waals surface area contributed by atoms with E-state index in [1.807, 2.05) is 0 Å². The van der Waals surface area contributed by atoms with E-state index < -0.39 is 15.8 Å². The number of carbonyl (C=O) groups is 1. The number of rotatable bonds is 3. The molecule has 0 aromatic heterocycles. The summed E-state index contributed by atoms with van der Waals surface area (Å²) >= 11 is 0. The van der Waals surface area contributed by atoms with Crippen LogP contribution < -0.4 is 0 Å². The summed E-state index contributed by atoms with van der Waals surface area (Å²) in [4.78, 5) is 34.0. The van der Waals surface area contributed by atoms with E-state index in [1.165, 1.54) is 37.4 Å². The number of methoxy groups -OCH3 is 1. The van der Waals surface area contributed by atoms with Crippen molar-refractivity contribution in [3.8, 4) is 0 Å². The number of nitro benzene ring substituents is 2. The predicted octanol–water partition coefficient (Wildman–Crippen LogP) is 4.14. The summed E-state index contributed by atoms with van der Waals surface area (Å²) in [5.41, 5.74) is 1.83. The van der Waals surface area contributed by atoms with Gasteiger partial charge in [-0.3, -0.25) is 20.2 Å². The molecule has 0 fully saturated rings. The highest BCUT2D eigenvalue weighted by Gasteiger charge is 2.14. The van der Waals surface area contributed by atoms with Gasteiger partial charge in [-0.05, 0) is 25.0 Å². The van der Waals surface area contributed by atoms with Crippen LogP contribution in [-0.2, 0) is 4.74 Å². The van der Waals surface area contributed by atoms with Gasteiger partial charge in [0, 0.05) is 24.3 Å². The maximum absolute atomic E-state index is 11.2. The topological polar surface area (TPSA) is 117 Å². The molecule has 0 unspecified atom stereocenters. The first kappa shape index (κ1) is 20.2. The molecule has 0 N–H and O–H groups in total. The number of benzene rings is 2. The zero-order valence-electron chi connectivity index (χ0n) is 14.3. The van der Waals surface area contributed by atoms with Gasteiger partial charge in [-0.15, -0.1) is 0 Å². The van der Waals surface area contributed by atoms with Crippen LogP contribution in [0.25, 0.3) is 4.85 Å². The Bertz CT molecular complexity index is 902. The highest BCUT2D eigenvalue weighted by atomic mass is 16.6. The Morgan fingerprint density at radius 2 is 1.50 bits per heavy atom. The molecule has 0 saturated carbocycles. The Labute approximate surface area is 149 Å². The van der Waals surface area contributed by atoms with Gasteiger partial charge in [0.1, 0.15) is 0 Å². The van der Waals surface area contributed by atoms with Crippen LogP contribution in [0.2, 0.25) is 0 Å². The minimum Gasteiger partial charge on any atom is -0.465 e. The molecule has 0 aliphatic heterocycles. The van der Waals surface area contributed by atoms with Crippen LogP contribution in [0.1, 0.15) is 21.5 Å². The van der Waals surface area contributed by atoms with Crippen LogP contribution in [0.5, 0.6) is 0 Å². The Kier molecular flexibility index (Phi) is 6.92. The average Bonchev–Trinajstić information content (AvgIpc) is 2.62. The van der Waals surface area contributed by atoms with Crippen molar-refractivity contribution < 1.29 is 19.4 Å². The number of ether oxygens (including phenoxy) is 1. The number of aryl methyl sites for hydroxylation is 2. The van der Waals surface area contributed by atoms with E-state index in [0.717, 1.165) is 5.56 Å². The third-order valence-electron chi connectivity index (χ3n) is 3.36. The zero-order valence-corrected chi connectivity index (χ0v) is 14.3. The number of hydrogen-bond donors (Lipinski definition) is 0. The minimum absolute atomic E-state index is 0.0356. The number of hydrogen-bond acceptors (Lipinski definition) is 6. The van der Waals surface area contributed by atoms with Crippen molar-refractivity contribution in [1.82, 2.24) is 0 Å². The normalized spacial score (nSPS) is 9.31. The second-order valence-electron chi connectivity index (χ2n) is 5.09. The van der Waals surface area contributed by atoms with Gasteiger partial charge in [0.25, 0.3) is 11.4 Å². The van der Waals surface area contributed by atoms with Crippen molar-refractivity contribution in [3.05, 3.63) is 84.7 Å². The maximum atomic E-state index is 11.2. The first-order valence-electron chi connectivity index (χ1n) is 7.17. The molecule has 9 heteroatoms. The summed E-state index contributed by atoms with van der Waals surface area (Å²) in [5.74, 6) is -0.564. The summed E-state index contributed by atoms with van der Waals surface area (Å²) in [5, 5.41) is 20.7. The summed E-state index contributed by atoms with van der Waals surface area (Å²) in [6, 6.07) is 8.32. The van der Waals surface area contributed by atoms with Gasteiger partial charge in [0.2, 0.25) is 0 Å². The van der Waals surface area contributed by atoms with Gasteiger partial charge in [0.15, 0.2) is 5.69 Å². The Morgan fingerprint density at radius 1 is 1.00 bits per heavy atom. The lowest BCUT2D eigenvalue weighted by Crippen LogP contribution is -2.04. The molecule has 26 heavy (non-hydrogen) atoms. The summed E-state index contributed by atoms with van der Waals surface area (Å²) in [7, 11) is 1.24. The molecule has 0 atom stereocenters. The van der Waals surface area contributed by atoms with Crippen LogP contribution >= 0.6 is 0 Å². The molecule has 0 saturated heterocycles. The lowest BCUT2D eigenvalue weighted by atomic mass is 10.1. The van der Waals surface area contributed by atoms with Crippen molar-refractivity contribution in [2.24, 2.45) is 0 Å². The highest BCUT2D eigenvalue weighted by molar-refractivity contribution is 5.91. The van der Waals surface area contributed by atoms with Crippen molar-refractivity contribution in [2.45, 2.75) is 13.8 Å². The molecular weight excluding hydrogens is 342 g/mol. The molecule has 2 aromatic rings. The largest absolute Gasteiger partial charge is 0.465 e. The fourth-order valence-corrected chi connectivity index (χ4v) is 1.89. The number of carbonyl (C=O) groups excluding carboxylic acids is 1. The smallest absolute Gasteiger partial charge is 0.338 e. The van der Waals surface area contributed by atoms with E-state index in [0.29, 0.717) is 11.3 Å². The standard InChI is InChI=1S/C9H9NO4.C8H6N2O2/c1-6-3-4-7(10(12)13)5-8(6)9(11)14-2;1-6-3-4-7(10(11)12)5-8(6)9-2/h3-5H,1-2H3;3-5H,1H3. The molecular formula is C17H15N3O6. The summed E-state index contributed by atoms with van der Waals surface area (Å²) in [6.45, 7) is 10.2. The van der Waals surface area contributed by atoms with Crippen LogP contribution in [0.15, 0.2) is 36.4 Å². The van der Waals surface area contributed by atoms with Crippen molar-refractivity contribution >= 4 is 23.0 Å². The van der Waals surface area contributed by atoms with Crippen molar-refractivity contribution in [2.75, 3.05) is 7.11 Å². The molecule has 2 aromatic carbocycles. The second-order valence-corrected chi connectivity index (χ2v) is 5.09. The molecule has 0 aliphatic rings. The zero-order chi connectivity index (χ0) is 19.9. The van der Waals surface area contributed by atoms with Crippen LogP contribution in [-0.4, -0.2) is 22.9 Å². The molecule has 0 bridgehead atoms. The van der Waals surface area contributed by atoms with Crippen molar-refractivity contribution in [1.29, 1.82) is 0 Å². The molecule has 0 spiro atoms. The van der Waals surface area contributed by atoms with Gasteiger partial charge >= 0.3 is 5.97 Å². The monoisotopic (exact) mass is 357 g/mol. The van der Waals surface area contributed by atoms with E-state index in [9.17, 15) is 25.0 Å². The van der Waals surface area contributed by atoms with Gasteiger partial charge < -0.3 is 4.74 Å². The van der Waals surface area contributed by atoms with Crippen molar-refractivity contribution in [3.63, 3.8) is 0 Å². The van der Waals surface area contributed by atoms with E-state index in [4.69, 9.17) is 6.57 Å². The quantitative estimate of drug-likeness (QED) is 0.352. The van der Waals surface area contributed by atoms with E-state index in [2.05, 4.69) is 9.58 Å². The fourth-order valence-electron chi connectivity index (χ4n) is 1.89. The maximum Gasteiger partial charge on any atom is 0.338 e. The molecule has 134 valence electrons.